The van der Waals surface area contributed by atoms with E-state index < -0.39 is 4.92 Å². The molecule has 0 spiro atoms. The summed E-state index contributed by atoms with van der Waals surface area (Å²) in [6.45, 7) is 2.20. The lowest BCUT2D eigenvalue weighted by Gasteiger charge is -2.29. The van der Waals surface area contributed by atoms with E-state index in [1.54, 1.807) is 41.3 Å². The van der Waals surface area contributed by atoms with E-state index in [0.717, 1.165) is 0 Å². The number of nitro groups is 1. The van der Waals surface area contributed by atoms with Crippen molar-refractivity contribution in [2.75, 3.05) is 18.1 Å². The standard InChI is InChI=1S/C19H16N2O5/c1-13(22)15-5-8-18-17(12-15)20(10-11-26-18)19(23)9-4-14-2-6-16(7-3-14)21(24)25/h2-9,12H,10-11H2,1H3/b9-4+. The van der Waals surface area contributed by atoms with Crippen LogP contribution >= 0.6 is 0 Å². The molecule has 3 rings (SSSR count). The molecule has 0 saturated heterocycles. The number of rotatable bonds is 4. The van der Waals surface area contributed by atoms with Gasteiger partial charge in [-0.3, -0.25) is 19.7 Å². The number of hydrogen-bond donors (Lipinski definition) is 0. The van der Waals surface area contributed by atoms with Crippen LogP contribution in [0.1, 0.15) is 22.8 Å². The molecule has 1 amide bonds. The summed E-state index contributed by atoms with van der Waals surface area (Å²) in [6.07, 6.45) is 2.99. The third-order valence-electron chi connectivity index (χ3n) is 4.02. The van der Waals surface area contributed by atoms with Gasteiger partial charge < -0.3 is 9.64 Å². The molecule has 0 aliphatic carbocycles. The number of nitro benzene ring substituents is 1. The van der Waals surface area contributed by atoms with Gasteiger partial charge in [0.1, 0.15) is 12.4 Å². The summed E-state index contributed by atoms with van der Waals surface area (Å²) in [6, 6.07) is 10.9. The van der Waals surface area contributed by atoms with Crippen molar-refractivity contribution >= 4 is 29.1 Å². The maximum atomic E-state index is 12.6. The predicted molar refractivity (Wildman–Crippen MR) is 96.4 cm³/mol. The number of non-ortho nitro benzene ring substituents is 1. The molecule has 0 radical (unpaired) electrons. The Labute approximate surface area is 149 Å². The zero-order valence-electron chi connectivity index (χ0n) is 14.0. The summed E-state index contributed by atoms with van der Waals surface area (Å²) in [5.74, 6) is 0.208. The van der Waals surface area contributed by atoms with Crippen LogP contribution in [0.2, 0.25) is 0 Å². The van der Waals surface area contributed by atoms with Crippen molar-refractivity contribution in [3.8, 4) is 5.75 Å². The van der Waals surface area contributed by atoms with Gasteiger partial charge in [0.25, 0.3) is 11.6 Å². The van der Waals surface area contributed by atoms with Crippen molar-refractivity contribution in [2.24, 2.45) is 0 Å². The second kappa shape index (κ2) is 7.18. The summed E-state index contributed by atoms with van der Waals surface area (Å²) in [7, 11) is 0. The SMILES string of the molecule is CC(=O)c1ccc2c(c1)N(C(=O)/C=C/c1ccc([N+](=O)[O-])cc1)CCO2. The van der Waals surface area contributed by atoms with Crippen molar-refractivity contribution in [2.45, 2.75) is 6.92 Å². The summed E-state index contributed by atoms with van der Waals surface area (Å²) in [5.41, 5.74) is 1.73. The Morgan fingerprint density at radius 2 is 1.92 bits per heavy atom. The lowest BCUT2D eigenvalue weighted by molar-refractivity contribution is -0.384. The van der Waals surface area contributed by atoms with Gasteiger partial charge in [-0.15, -0.1) is 0 Å². The molecule has 0 fully saturated rings. The summed E-state index contributed by atoms with van der Waals surface area (Å²) in [5, 5.41) is 10.7. The molecule has 132 valence electrons. The molecule has 2 aromatic carbocycles. The van der Waals surface area contributed by atoms with Gasteiger partial charge in [-0.1, -0.05) is 0 Å². The number of amides is 1. The molecular formula is C19H16N2O5. The van der Waals surface area contributed by atoms with Gasteiger partial charge >= 0.3 is 0 Å². The molecule has 2 aromatic rings. The highest BCUT2D eigenvalue weighted by Crippen LogP contribution is 2.33. The van der Waals surface area contributed by atoms with E-state index in [1.807, 2.05) is 0 Å². The molecule has 1 heterocycles. The molecule has 0 bridgehead atoms. The minimum atomic E-state index is -0.476. The van der Waals surface area contributed by atoms with Gasteiger partial charge in [-0.05, 0) is 48.9 Å². The van der Waals surface area contributed by atoms with Crippen LogP contribution in [-0.2, 0) is 4.79 Å². The second-order valence-electron chi connectivity index (χ2n) is 5.76. The highest BCUT2D eigenvalue weighted by Gasteiger charge is 2.23. The number of hydrogen-bond acceptors (Lipinski definition) is 5. The van der Waals surface area contributed by atoms with Crippen molar-refractivity contribution < 1.29 is 19.2 Å². The number of Topliss-reactive ketones (excluding diaryl/α,β-unsaturated/α-hetero) is 1. The van der Waals surface area contributed by atoms with Crippen LogP contribution in [0.3, 0.4) is 0 Å². The average molecular weight is 352 g/mol. The molecule has 7 heteroatoms. The number of ether oxygens (including phenoxy) is 1. The maximum absolute atomic E-state index is 12.6. The minimum Gasteiger partial charge on any atom is -0.490 e. The molecule has 0 aromatic heterocycles. The van der Waals surface area contributed by atoms with Crippen molar-refractivity contribution in [1.29, 1.82) is 0 Å². The van der Waals surface area contributed by atoms with Crippen LogP contribution in [0.25, 0.3) is 6.08 Å². The Morgan fingerprint density at radius 3 is 2.58 bits per heavy atom. The first-order chi connectivity index (χ1) is 12.5. The van der Waals surface area contributed by atoms with Crippen LogP contribution < -0.4 is 9.64 Å². The van der Waals surface area contributed by atoms with E-state index >= 15 is 0 Å². The Bertz CT molecular complexity index is 903. The largest absolute Gasteiger partial charge is 0.490 e. The number of nitrogens with zero attached hydrogens (tertiary/aromatic N) is 2. The van der Waals surface area contributed by atoms with Gasteiger partial charge in [0, 0.05) is 23.8 Å². The van der Waals surface area contributed by atoms with E-state index in [1.165, 1.54) is 25.1 Å². The quantitative estimate of drug-likeness (QED) is 0.365. The molecule has 1 aliphatic heterocycles. The second-order valence-corrected chi connectivity index (χ2v) is 5.76. The van der Waals surface area contributed by atoms with Gasteiger partial charge in [0.05, 0.1) is 17.2 Å². The first kappa shape index (κ1) is 17.3. The first-order valence-corrected chi connectivity index (χ1v) is 7.97. The van der Waals surface area contributed by atoms with Gasteiger partial charge in [-0.25, -0.2) is 0 Å². The predicted octanol–water partition coefficient (Wildman–Crippen LogP) is 3.24. The Kier molecular flexibility index (Phi) is 4.79. The number of anilines is 1. The van der Waals surface area contributed by atoms with E-state index in [0.29, 0.717) is 35.7 Å². The Hall–Kier alpha value is -3.48. The van der Waals surface area contributed by atoms with Gasteiger partial charge in [0.15, 0.2) is 5.78 Å². The summed E-state index contributed by atoms with van der Waals surface area (Å²) in [4.78, 5) is 35.9. The van der Waals surface area contributed by atoms with Crippen LogP contribution in [-0.4, -0.2) is 29.8 Å². The summed E-state index contributed by atoms with van der Waals surface area (Å²) < 4.78 is 5.54. The van der Waals surface area contributed by atoms with E-state index in [2.05, 4.69) is 0 Å². The molecule has 26 heavy (non-hydrogen) atoms. The maximum Gasteiger partial charge on any atom is 0.269 e. The fraction of sp³-hybridized carbons (Fsp3) is 0.158. The number of carbonyl (C=O) groups excluding carboxylic acids is 2. The monoisotopic (exact) mass is 352 g/mol. The fourth-order valence-electron chi connectivity index (χ4n) is 2.63. The third-order valence-corrected chi connectivity index (χ3v) is 4.02. The summed E-state index contributed by atoms with van der Waals surface area (Å²) >= 11 is 0. The Balaban J connectivity index is 1.81. The lowest BCUT2D eigenvalue weighted by atomic mass is 10.1. The van der Waals surface area contributed by atoms with E-state index in [4.69, 9.17) is 4.74 Å². The first-order valence-electron chi connectivity index (χ1n) is 7.97. The number of ketones is 1. The molecule has 0 atom stereocenters. The zero-order valence-corrected chi connectivity index (χ0v) is 14.0. The third kappa shape index (κ3) is 3.61. The van der Waals surface area contributed by atoms with Crippen LogP contribution in [0.4, 0.5) is 11.4 Å². The van der Waals surface area contributed by atoms with Crippen molar-refractivity contribution in [3.63, 3.8) is 0 Å². The van der Waals surface area contributed by atoms with Crippen molar-refractivity contribution in [3.05, 3.63) is 69.8 Å². The van der Waals surface area contributed by atoms with Crippen LogP contribution in [0, 0.1) is 10.1 Å². The molecule has 0 saturated carbocycles. The van der Waals surface area contributed by atoms with E-state index in [-0.39, 0.29) is 17.4 Å². The van der Waals surface area contributed by atoms with Gasteiger partial charge in [0.2, 0.25) is 0 Å². The average Bonchev–Trinajstić information content (AvgIpc) is 2.65. The smallest absolute Gasteiger partial charge is 0.269 e. The van der Waals surface area contributed by atoms with Crippen LogP contribution in [0.5, 0.6) is 5.75 Å². The highest BCUT2D eigenvalue weighted by molar-refractivity contribution is 6.06. The molecule has 7 nitrogen and oxygen atoms in total. The van der Waals surface area contributed by atoms with Crippen molar-refractivity contribution in [1.82, 2.24) is 0 Å². The van der Waals surface area contributed by atoms with Crippen LogP contribution in [0.15, 0.2) is 48.5 Å². The molecular weight excluding hydrogens is 336 g/mol. The van der Waals surface area contributed by atoms with E-state index in [9.17, 15) is 19.7 Å². The number of benzene rings is 2. The number of carbonyl (C=O) groups is 2. The molecule has 1 aliphatic rings. The topological polar surface area (TPSA) is 89.8 Å². The fourth-order valence-corrected chi connectivity index (χ4v) is 2.63. The Morgan fingerprint density at radius 1 is 1.19 bits per heavy atom. The molecule has 0 unspecified atom stereocenters. The van der Waals surface area contributed by atoms with Gasteiger partial charge in [-0.2, -0.15) is 0 Å². The number of fused-ring (bicyclic) bond motifs is 1. The lowest BCUT2D eigenvalue weighted by Crippen LogP contribution is -2.37. The minimum absolute atomic E-state index is 0.00709. The normalized spacial score (nSPS) is 13.2. The zero-order chi connectivity index (χ0) is 18.7. The highest BCUT2D eigenvalue weighted by atomic mass is 16.6. The molecule has 0 N–H and O–H groups in total.